The van der Waals surface area contributed by atoms with Gasteiger partial charge in [-0.15, -0.1) is 0 Å². The molecule has 0 aliphatic carbocycles. The van der Waals surface area contributed by atoms with Gasteiger partial charge in [0.15, 0.2) is 12.3 Å². The van der Waals surface area contributed by atoms with Gasteiger partial charge in [-0.1, -0.05) is 12.1 Å². The standard InChI is InChI=1S/C18H22F2N2O3/c1-13-3-6-16(24-13)11-22(2)12-17(23)21-10-9-14-4-7-15(8-5-14)25-18(19)20/h3-8,18H,9-12H2,1-2H3,(H,21,23)/p+1. The summed E-state index contributed by atoms with van der Waals surface area (Å²) in [6.07, 6.45) is 0.622. The number of rotatable bonds is 9. The zero-order valence-electron chi connectivity index (χ0n) is 14.4. The van der Waals surface area contributed by atoms with Crippen molar-refractivity contribution in [3.8, 4) is 5.75 Å². The molecular formula is C18H23F2N2O3+. The van der Waals surface area contributed by atoms with E-state index < -0.39 is 6.61 Å². The van der Waals surface area contributed by atoms with Crippen molar-refractivity contribution in [1.82, 2.24) is 5.32 Å². The SMILES string of the molecule is Cc1ccc(C[NH+](C)CC(=O)NCCc2ccc(OC(F)F)cc2)o1. The summed E-state index contributed by atoms with van der Waals surface area (Å²) in [5.41, 5.74) is 0.939. The van der Waals surface area contributed by atoms with Gasteiger partial charge >= 0.3 is 6.61 Å². The Kier molecular flexibility index (Phi) is 6.94. The summed E-state index contributed by atoms with van der Waals surface area (Å²) in [7, 11) is 1.93. The van der Waals surface area contributed by atoms with E-state index in [2.05, 4.69) is 10.1 Å². The van der Waals surface area contributed by atoms with Gasteiger partial charge in [-0.25, -0.2) is 0 Å². The summed E-state index contributed by atoms with van der Waals surface area (Å²) < 4.78 is 33.9. The van der Waals surface area contributed by atoms with E-state index in [1.807, 2.05) is 26.1 Å². The molecule has 1 aromatic carbocycles. The largest absolute Gasteiger partial charge is 0.460 e. The van der Waals surface area contributed by atoms with E-state index >= 15 is 0 Å². The molecular weight excluding hydrogens is 330 g/mol. The van der Waals surface area contributed by atoms with Gasteiger partial charge in [-0.05, 0) is 43.2 Å². The molecule has 0 spiro atoms. The minimum atomic E-state index is -2.82. The molecule has 5 nitrogen and oxygen atoms in total. The van der Waals surface area contributed by atoms with Gasteiger partial charge in [0.2, 0.25) is 0 Å². The third-order valence-corrected chi connectivity index (χ3v) is 3.62. The van der Waals surface area contributed by atoms with Crippen LogP contribution in [0.15, 0.2) is 40.8 Å². The molecule has 136 valence electrons. The van der Waals surface area contributed by atoms with Crippen LogP contribution in [-0.2, 0) is 17.8 Å². The number of hydrogen-bond acceptors (Lipinski definition) is 3. The normalized spacial score (nSPS) is 12.2. The predicted molar refractivity (Wildman–Crippen MR) is 88.7 cm³/mol. The monoisotopic (exact) mass is 353 g/mol. The molecule has 2 N–H and O–H groups in total. The molecule has 1 atom stereocenters. The van der Waals surface area contributed by atoms with Crippen molar-refractivity contribution >= 4 is 5.91 Å². The lowest BCUT2D eigenvalue weighted by atomic mass is 10.1. The molecule has 7 heteroatoms. The first-order chi connectivity index (χ1) is 11.9. The Morgan fingerprint density at radius 1 is 1.24 bits per heavy atom. The third-order valence-electron chi connectivity index (χ3n) is 3.62. The highest BCUT2D eigenvalue weighted by Crippen LogP contribution is 2.14. The first-order valence-electron chi connectivity index (χ1n) is 8.09. The highest BCUT2D eigenvalue weighted by molar-refractivity contribution is 5.76. The summed E-state index contributed by atoms with van der Waals surface area (Å²) in [5.74, 6) is 1.80. The second-order valence-electron chi connectivity index (χ2n) is 5.95. The zero-order chi connectivity index (χ0) is 18.2. The lowest BCUT2D eigenvalue weighted by molar-refractivity contribution is -0.886. The van der Waals surface area contributed by atoms with E-state index in [4.69, 9.17) is 4.42 Å². The highest BCUT2D eigenvalue weighted by Gasteiger charge is 2.12. The molecule has 1 unspecified atom stereocenters. The van der Waals surface area contributed by atoms with Crippen LogP contribution in [0.1, 0.15) is 17.1 Å². The van der Waals surface area contributed by atoms with Crippen molar-refractivity contribution in [1.29, 1.82) is 0 Å². The zero-order valence-corrected chi connectivity index (χ0v) is 14.4. The van der Waals surface area contributed by atoms with Crippen molar-refractivity contribution in [2.75, 3.05) is 20.1 Å². The lowest BCUT2D eigenvalue weighted by Crippen LogP contribution is -3.08. The maximum atomic E-state index is 12.1. The Labute approximate surface area is 145 Å². The topological polar surface area (TPSA) is 55.9 Å². The van der Waals surface area contributed by atoms with E-state index in [0.717, 1.165) is 22.0 Å². The number of halogens is 2. The number of quaternary nitrogens is 1. The van der Waals surface area contributed by atoms with Crippen LogP contribution in [0.5, 0.6) is 5.75 Å². The summed E-state index contributed by atoms with van der Waals surface area (Å²) in [6, 6.07) is 10.2. The lowest BCUT2D eigenvalue weighted by Gasteiger charge is -2.12. The fraction of sp³-hybridized carbons (Fsp3) is 0.389. The summed E-state index contributed by atoms with van der Waals surface area (Å²) in [4.78, 5) is 13.0. The van der Waals surface area contributed by atoms with Crippen LogP contribution in [0, 0.1) is 6.92 Å². The average molecular weight is 353 g/mol. The molecule has 0 bridgehead atoms. The van der Waals surface area contributed by atoms with Gasteiger partial charge < -0.3 is 19.4 Å². The fourth-order valence-corrected chi connectivity index (χ4v) is 2.46. The van der Waals surface area contributed by atoms with Crippen molar-refractivity contribution in [2.24, 2.45) is 0 Å². The molecule has 2 rings (SSSR count). The van der Waals surface area contributed by atoms with Crippen LogP contribution >= 0.6 is 0 Å². The maximum absolute atomic E-state index is 12.1. The quantitative estimate of drug-likeness (QED) is 0.719. The Bertz CT molecular complexity index is 671. The van der Waals surface area contributed by atoms with Gasteiger partial charge in [0, 0.05) is 6.54 Å². The van der Waals surface area contributed by atoms with Gasteiger partial charge in [0.25, 0.3) is 5.91 Å². The van der Waals surface area contributed by atoms with Gasteiger partial charge in [-0.3, -0.25) is 4.79 Å². The summed E-state index contributed by atoms with van der Waals surface area (Å²) in [5, 5.41) is 2.86. The molecule has 0 saturated heterocycles. The molecule has 1 amide bonds. The number of carbonyl (C=O) groups is 1. The van der Waals surface area contributed by atoms with Crippen molar-refractivity contribution in [3.05, 3.63) is 53.5 Å². The number of ether oxygens (including phenoxy) is 1. The number of alkyl halides is 2. The molecule has 1 heterocycles. The Balaban J connectivity index is 1.67. The minimum Gasteiger partial charge on any atom is -0.460 e. The number of benzene rings is 1. The second kappa shape index (κ2) is 9.17. The third kappa shape index (κ3) is 6.93. The predicted octanol–water partition coefficient (Wildman–Crippen LogP) is 1.56. The van der Waals surface area contributed by atoms with Crippen LogP contribution in [0.3, 0.4) is 0 Å². The molecule has 2 aromatic rings. The van der Waals surface area contributed by atoms with Crippen molar-refractivity contribution in [3.63, 3.8) is 0 Å². The van der Waals surface area contributed by atoms with E-state index in [0.29, 0.717) is 26.1 Å². The molecule has 1 aromatic heterocycles. The fourth-order valence-electron chi connectivity index (χ4n) is 2.46. The van der Waals surface area contributed by atoms with Crippen LogP contribution in [0.2, 0.25) is 0 Å². The van der Waals surface area contributed by atoms with Gasteiger partial charge in [0.1, 0.15) is 18.1 Å². The Morgan fingerprint density at radius 3 is 2.56 bits per heavy atom. The molecule has 0 radical (unpaired) electrons. The smallest absolute Gasteiger partial charge is 0.387 e. The number of furan rings is 1. The van der Waals surface area contributed by atoms with Gasteiger partial charge in [-0.2, -0.15) is 8.78 Å². The van der Waals surface area contributed by atoms with E-state index in [1.165, 1.54) is 12.1 Å². The van der Waals surface area contributed by atoms with E-state index in [9.17, 15) is 13.6 Å². The molecule has 0 saturated carbocycles. The first-order valence-corrected chi connectivity index (χ1v) is 8.09. The highest BCUT2D eigenvalue weighted by atomic mass is 19.3. The molecule has 0 aliphatic rings. The number of amides is 1. The maximum Gasteiger partial charge on any atom is 0.387 e. The Hall–Kier alpha value is -2.41. The van der Waals surface area contributed by atoms with Crippen LogP contribution in [0.25, 0.3) is 0 Å². The average Bonchev–Trinajstić information content (AvgIpc) is 2.93. The molecule has 0 fully saturated rings. The minimum absolute atomic E-state index is 0.0431. The first kappa shape index (κ1) is 18.9. The number of aryl methyl sites for hydroxylation is 1. The molecule has 25 heavy (non-hydrogen) atoms. The number of carbonyl (C=O) groups excluding carboxylic acids is 1. The number of nitrogens with one attached hydrogen (secondary N) is 2. The van der Waals surface area contributed by atoms with E-state index in [-0.39, 0.29) is 11.7 Å². The van der Waals surface area contributed by atoms with Crippen LogP contribution < -0.4 is 15.0 Å². The van der Waals surface area contributed by atoms with E-state index in [1.54, 1.807) is 12.1 Å². The second-order valence-corrected chi connectivity index (χ2v) is 5.95. The van der Waals surface area contributed by atoms with Crippen LogP contribution in [-0.4, -0.2) is 32.7 Å². The van der Waals surface area contributed by atoms with Crippen molar-refractivity contribution < 1.29 is 27.6 Å². The number of hydrogen-bond donors (Lipinski definition) is 2. The van der Waals surface area contributed by atoms with Crippen LogP contribution in [0.4, 0.5) is 8.78 Å². The van der Waals surface area contributed by atoms with Crippen molar-refractivity contribution in [2.45, 2.75) is 26.5 Å². The summed E-state index contributed by atoms with van der Waals surface area (Å²) >= 11 is 0. The molecule has 0 aliphatic heterocycles. The summed E-state index contributed by atoms with van der Waals surface area (Å²) in [6.45, 7) is 0.543. The Morgan fingerprint density at radius 2 is 1.96 bits per heavy atom. The number of likely N-dealkylation sites (N-methyl/N-ethyl adjacent to an activating group) is 1. The van der Waals surface area contributed by atoms with Gasteiger partial charge in [0.05, 0.1) is 7.05 Å².